The van der Waals surface area contributed by atoms with Crippen molar-refractivity contribution in [3.8, 4) is 5.75 Å². The monoisotopic (exact) mass is 309 g/mol. The van der Waals surface area contributed by atoms with Gasteiger partial charge in [0.1, 0.15) is 18.0 Å². The van der Waals surface area contributed by atoms with Gasteiger partial charge < -0.3 is 10.5 Å². The Balaban J connectivity index is 1.85. The highest BCUT2D eigenvalue weighted by molar-refractivity contribution is 5.93. The molecule has 2 N–H and O–H groups in total. The van der Waals surface area contributed by atoms with Crippen molar-refractivity contribution in [1.82, 2.24) is 9.38 Å². The smallest absolute Gasteiger partial charge is 0.258 e. The Bertz CT molecular complexity index is 947. The molecule has 0 atom stereocenters. The fourth-order valence-electron chi connectivity index (χ4n) is 2.23. The van der Waals surface area contributed by atoms with Crippen LogP contribution in [0.4, 0.5) is 0 Å². The lowest BCUT2D eigenvalue weighted by Gasteiger charge is -2.08. The highest BCUT2D eigenvalue weighted by Crippen LogP contribution is 2.14. The maximum absolute atomic E-state index is 12.1. The summed E-state index contributed by atoms with van der Waals surface area (Å²) in [6, 6.07) is 11.7. The topological polar surface area (TPSA) is 86.7 Å². The van der Waals surface area contributed by atoms with Crippen LogP contribution in [0.2, 0.25) is 0 Å². The normalized spacial score (nSPS) is 10.7. The van der Waals surface area contributed by atoms with Gasteiger partial charge >= 0.3 is 0 Å². The summed E-state index contributed by atoms with van der Waals surface area (Å²) in [5.41, 5.74) is 7.49. The molecule has 1 aromatic carbocycles. The molecule has 0 fully saturated rings. The number of benzene rings is 1. The number of ether oxygens (including phenoxy) is 1. The molecule has 2 aromatic heterocycles. The number of primary amides is 1. The number of carbonyl (C=O) groups is 1. The number of hydrogen-bond acceptors (Lipinski definition) is 4. The van der Waals surface area contributed by atoms with Crippen molar-refractivity contribution >= 4 is 11.6 Å². The summed E-state index contributed by atoms with van der Waals surface area (Å²) in [5, 5.41) is 0. The molecule has 3 aromatic rings. The fraction of sp³-hybridized carbons (Fsp3) is 0.118. The third-order valence-electron chi connectivity index (χ3n) is 3.37. The number of carbonyl (C=O) groups excluding carboxylic acids is 1. The van der Waals surface area contributed by atoms with E-state index in [0.29, 0.717) is 22.7 Å². The summed E-state index contributed by atoms with van der Waals surface area (Å²) >= 11 is 0. The number of nitrogens with two attached hydrogens (primary N) is 1. The second kappa shape index (κ2) is 5.92. The molecular formula is C17H15N3O3. The number of rotatable bonds is 4. The van der Waals surface area contributed by atoms with Gasteiger partial charge in [0.2, 0.25) is 5.91 Å². The number of aryl methyl sites for hydroxylation is 1. The van der Waals surface area contributed by atoms with Crippen LogP contribution in [0.25, 0.3) is 5.65 Å². The molecule has 1 amide bonds. The number of amides is 1. The van der Waals surface area contributed by atoms with E-state index in [1.54, 1.807) is 36.5 Å². The van der Waals surface area contributed by atoms with Crippen LogP contribution >= 0.6 is 0 Å². The number of aromatic nitrogens is 2. The predicted molar refractivity (Wildman–Crippen MR) is 85.5 cm³/mol. The standard InChI is InChI=1S/C17H15N3O3/c1-11-5-6-15-19-13(8-16(21)20(15)9-11)10-23-14-4-2-3-12(7-14)17(18)22/h2-9H,10H2,1H3,(H2,18,22). The maximum Gasteiger partial charge on any atom is 0.258 e. The first-order valence-electron chi connectivity index (χ1n) is 7.04. The van der Waals surface area contributed by atoms with E-state index in [1.165, 1.54) is 10.5 Å². The minimum atomic E-state index is -0.520. The van der Waals surface area contributed by atoms with Gasteiger partial charge in [-0.1, -0.05) is 12.1 Å². The van der Waals surface area contributed by atoms with Crippen LogP contribution in [0, 0.1) is 6.92 Å². The first-order chi connectivity index (χ1) is 11.0. The van der Waals surface area contributed by atoms with Crippen LogP contribution in [-0.2, 0) is 6.61 Å². The SMILES string of the molecule is Cc1ccc2nc(COc3cccc(C(N)=O)c3)cc(=O)n2c1. The first-order valence-corrected chi connectivity index (χ1v) is 7.04. The van der Waals surface area contributed by atoms with Crippen LogP contribution < -0.4 is 16.0 Å². The molecule has 0 saturated heterocycles. The highest BCUT2D eigenvalue weighted by Gasteiger charge is 2.05. The van der Waals surface area contributed by atoms with Crippen molar-refractivity contribution in [1.29, 1.82) is 0 Å². The Labute approximate surface area is 132 Å². The third kappa shape index (κ3) is 3.21. The molecule has 0 bridgehead atoms. The van der Waals surface area contributed by atoms with E-state index in [1.807, 2.05) is 13.0 Å². The zero-order valence-corrected chi connectivity index (χ0v) is 12.5. The average Bonchev–Trinajstić information content (AvgIpc) is 2.54. The van der Waals surface area contributed by atoms with Gasteiger partial charge in [0.05, 0.1) is 5.69 Å². The second-order valence-electron chi connectivity index (χ2n) is 5.20. The van der Waals surface area contributed by atoms with Gasteiger partial charge in [0, 0.05) is 17.8 Å². The summed E-state index contributed by atoms with van der Waals surface area (Å²) in [5.74, 6) is -0.0277. The van der Waals surface area contributed by atoms with E-state index in [9.17, 15) is 9.59 Å². The molecule has 0 spiro atoms. The van der Waals surface area contributed by atoms with E-state index < -0.39 is 5.91 Å². The van der Waals surface area contributed by atoms with E-state index in [0.717, 1.165) is 5.56 Å². The summed E-state index contributed by atoms with van der Waals surface area (Å²) in [4.78, 5) is 27.7. The maximum atomic E-state index is 12.1. The quantitative estimate of drug-likeness (QED) is 0.794. The van der Waals surface area contributed by atoms with E-state index >= 15 is 0 Å². The minimum absolute atomic E-state index is 0.127. The zero-order valence-electron chi connectivity index (χ0n) is 12.5. The largest absolute Gasteiger partial charge is 0.487 e. The number of nitrogens with zero attached hydrogens (tertiary/aromatic N) is 2. The molecule has 116 valence electrons. The molecule has 0 aliphatic rings. The van der Waals surface area contributed by atoms with E-state index in [4.69, 9.17) is 10.5 Å². The van der Waals surface area contributed by atoms with Gasteiger partial charge in [-0.3, -0.25) is 14.0 Å². The summed E-state index contributed by atoms with van der Waals surface area (Å²) in [6.45, 7) is 2.04. The molecular weight excluding hydrogens is 294 g/mol. The molecule has 0 radical (unpaired) electrons. The predicted octanol–water partition coefficient (Wildman–Crippen LogP) is 1.68. The van der Waals surface area contributed by atoms with E-state index in [2.05, 4.69) is 4.98 Å². The fourth-order valence-corrected chi connectivity index (χ4v) is 2.23. The van der Waals surface area contributed by atoms with Crippen molar-refractivity contribution in [2.45, 2.75) is 13.5 Å². The van der Waals surface area contributed by atoms with Gasteiger partial charge in [0.25, 0.3) is 5.56 Å². The Morgan fingerprint density at radius 3 is 2.87 bits per heavy atom. The van der Waals surface area contributed by atoms with Crippen molar-refractivity contribution in [3.05, 3.63) is 75.8 Å². The Morgan fingerprint density at radius 2 is 2.09 bits per heavy atom. The van der Waals surface area contributed by atoms with Crippen molar-refractivity contribution in [2.24, 2.45) is 5.73 Å². The van der Waals surface area contributed by atoms with Gasteiger partial charge in [-0.2, -0.15) is 0 Å². The molecule has 0 saturated carbocycles. The molecule has 6 heteroatoms. The molecule has 2 heterocycles. The van der Waals surface area contributed by atoms with Crippen LogP contribution in [0.5, 0.6) is 5.75 Å². The van der Waals surface area contributed by atoms with Crippen LogP contribution in [-0.4, -0.2) is 15.3 Å². The summed E-state index contributed by atoms with van der Waals surface area (Å²) < 4.78 is 7.08. The van der Waals surface area contributed by atoms with Crippen molar-refractivity contribution < 1.29 is 9.53 Å². The number of pyridine rings is 1. The van der Waals surface area contributed by atoms with Crippen molar-refractivity contribution in [3.63, 3.8) is 0 Å². The summed E-state index contributed by atoms with van der Waals surface area (Å²) in [7, 11) is 0. The van der Waals surface area contributed by atoms with Crippen LogP contribution in [0.15, 0.2) is 53.5 Å². The lowest BCUT2D eigenvalue weighted by molar-refractivity contribution is 0.1000. The first kappa shape index (κ1) is 14.8. The lowest BCUT2D eigenvalue weighted by Crippen LogP contribution is -2.16. The Hall–Kier alpha value is -3.15. The third-order valence-corrected chi connectivity index (χ3v) is 3.37. The average molecular weight is 309 g/mol. The van der Waals surface area contributed by atoms with Gasteiger partial charge in [-0.05, 0) is 36.8 Å². The molecule has 0 aliphatic heterocycles. The molecule has 0 unspecified atom stereocenters. The second-order valence-corrected chi connectivity index (χ2v) is 5.20. The number of hydrogen-bond donors (Lipinski definition) is 1. The number of fused-ring (bicyclic) bond motifs is 1. The summed E-state index contributed by atoms with van der Waals surface area (Å²) in [6.07, 6.45) is 1.74. The minimum Gasteiger partial charge on any atom is -0.487 e. The molecule has 0 aliphatic carbocycles. The van der Waals surface area contributed by atoms with Gasteiger partial charge in [-0.15, -0.1) is 0 Å². The Morgan fingerprint density at radius 1 is 1.26 bits per heavy atom. The van der Waals surface area contributed by atoms with E-state index in [-0.39, 0.29) is 12.2 Å². The van der Waals surface area contributed by atoms with Gasteiger partial charge in [0.15, 0.2) is 0 Å². The molecule has 3 rings (SSSR count). The zero-order chi connectivity index (χ0) is 16.4. The lowest BCUT2D eigenvalue weighted by atomic mass is 10.2. The van der Waals surface area contributed by atoms with Crippen molar-refractivity contribution in [2.75, 3.05) is 0 Å². The highest BCUT2D eigenvalue weighted by atomic mass is 16.5. The molecule has 23 heavy (non-hydrogen) atoms. The van der Waals surface area contributed by atoms with Crippen LogP contribution in [0.3, 0.4) is 0 Å². The molecule has 6 nitrogen and oxygen atoms in total. The van der Waals surface area contributed by atoms with Crippen LogP contribution in [0.1, 0.15) is 21.6 Å². The van der Waals surface area contributed by atoms with Gasteiger partial charge in [-0.25, -0.2) is 4.98 Å². The Kier molecular flexibility index (Phi) is 3.80.